The van der Waals surface area contributed by atoms with Crippen LogP contribution >= 0.6 is 11.6 Å². The third kappa shape index (κ3) is 5.15. The van der Waals surface area contributed by atoms with Crippen LogP contribution in [-0.4, -0.2) is 12.5 Å². The maximum atomic E-state index is 5.64. The Bertz CT molecular complexity index is 401. The van der Waals surface area contributed by atoms with Crippen LogP contribution in [0.25, 0.3) is 0 Å². The third-order valence-corrected chi connectivity index (χ3v) is 2.60. The van der Waals surface area contributed by atoms with E-state index < -0.39 is 0 Å². The summed E-state index contributed by atoms with van der Waals surface area (Å²) in [6.07, 6.45) is 2.98. The molecule has 0 atom stereocenters. The SMILES string of the molecule is CCCCOc1ccc(C#CCCCl)c(C)c1. The van der Waals surface area contributed by atoms with E-state index in [1.54, 1.807) is 0 Å². The lowest BCUT2D eigenvalue weighted by molar-refractivity contribution is 0.309. The molecule has 1 rings (SSSR count). The van der Waals surface area contributed by atoms with Gasteiger partial charge in [0, 0.05) is 17.9 Å². The molecule has 0 radical (unpaired) electrons. The molecule has 0 saturated heterocycles. The Balaban J connectivity index is 2.63. The Hall–Kier alpha value is -1.13. The fraction of sp³-hybridized carbons (Fsp3) is 0.467. The molecule has 0 spiro atoms. The predicted molar refractivity (Wildman–Crippen MR) is 73.8 cm³/mol. The minimum atomic E-state index is 0.588. The van der Waals surface area contributed by atoms with Gasteiger partial charge >= 0.3 is 0 Å². The maximum absolute atomic E-state index is 5.64. The van der Waals surface area contributed by atoms with Crippen LogP contribution in [-0.2, 0) is 0 Å². The number of hydrogen-bond donors (Lipinski definition) is 0. The van der Waals surface area contributed by atoms with Gasteiger partial charge in [0.05, 0.1) is 6.61 Å². The Labute approximate surface area is 109 Å². The summed E-state index contributed by atoms with van der Waals surface area (Å²) in [5.74, 6) is 7.68. The predicted octanol–water partition coefficient (Wildman–Crippen LogP) is 4.15. The highest BCUT2D eigenvalue weighted by atomic mass is 35.5. The Morgan fingerprint density at radius 2 is 2.18 bits per heavy atom. The second-order valence-corrected chi connectivity index (χ2v) is 4.30. The van der Waals surface area contributed by atoms with Gasteiger partial charge in [-0.3, -0.25) is 0 Å². The monoisotopic (exact) mass is 250 g/mol. The second kappa shape index (κ2) is 8.03. The van der Waals surface area contributed by atoms with Crippen LogP contribution in [0.15, 0.2) is 18.2 Å². The highest BCUT2D eigenvalue weighted by Gasteiger charge is 1.98. The highest BCUT2D eigenvalue weighted by Crippen LogP contribution is 2.17. The van der Waals surface area contributed by atoms with Gasteiger partial charge in [-0.2, -0.15) is 0 Å². The third-order valence-electron chi connectivity index (χ3n) is 2.41. The van der Waals surface area contributed by atoms with Crippen molar-refractivity contribution in [3.05, 3.63) is 29.3 Å². The zero-order chi connectivity index (χ0) is 12.5. The van der Waals surface area contributed by atoms with Gasteiger partial charge in [-0.05, 0) is 37.1 Å². The number of unbranched alkanes of at least 4 members (excludes halogenated alkanes) is 1. The van der Waals surface area contributed by atoms with Crippen LogP contribution < -0.4 is 4.74 Å². The minimum Gasteiger partial charge on any atom is -0.494 e. The van der Waals surface area contributed by atoms with Crippen LogP contribution in [0.4, 0.5) is 0 Å². The quantitative estimate of drug-likeness (QED) is 0.433. The van der Waals surface area contributed by atoms with E-state index in [-0.39, 0.29) is 0 Å². The van der Waals surface area contributed by atoms with Gasteiger partial charge in [-0.25, -0.2) is 0 Å². The first-order valence-corrected chi connectivity index (χ1v) is 6.59. The van der Waals surface area contributed by atoms with Gasteiger partial charge < -0.3 is 4.74 Å². The van der Waals surface area contributed by atoms with E-state index in [0.29, 0.717) is 5.88 Å². The average Bonchev–Trinajstić information content (AvgIpc) is 2.32. The van der Waals surface area contributed by atoms with Gasteiger partial charge in [0.1, 0.15) is 5.75 Å². The summed E-state index contributed by atoms with van der Waals surface area (Å²) < 4.78 is 5.64. The van der Waals surface area contributed by atoms with Crippen molar-refractivity contribution in [2.24, 2.45) is 0 Å². The molecule has 0 bridgehead atoms. The van der Waals surface area contributed by atoms with Crippen molar-refractivity contribution in [3.63, 3.8) is 0 Å². The van der Waals surface area contributed by atoms with Crippen LogP contribution in [0.3, 0.4) is 0 Å². The fourth-order valence-corrected chi connectivity index (χ4v) is 1.50. The van der Waals surface area contributed by atoms with Crippen molar-refractivity contribution in [2.45, 2.75) is 33.1 Å². The lowest BCUT2D eigenvalue weighted by Crippen LogP contribution is -1.97. The summed E-state index contributed by atoms with van der Waals surface area (Å²) >= 11 is 5.58. The molecular weight excluding hydrogens is 232 g/mol. The van der Waals surface area contributed by atoms with Gasteiger partial charge in [0.15, 0.2) is 0 Å². The van der Waals surface area contributed by atoms with Crippen molar-refractivity contribution >= 4 is 11.6 Å². The number of rotatable bonds is 5. The van der Waals surface area contributed by atoms with Gasteiger partial charge in [-0.15, -0.1) is 11.6 Å². The molecule has 1 aromatic carbocycles. The number of hydrogen-bond acceptors (Lipinski definition) is 1. The molecule has 0 aliphatic heterocycles. The number of aryl methyl sites for hydroxylation is 1. The molecule has 0 amide bonds. The summed E-state index contributed by atoms with van der Waals surface area (Å²) in [6.45, 7) is 4.99. The van der Waals surface area contributed by atoms with E-state index in [1.807, 2.05) is 18.2 Å². The molecule has 0 aromatic heterocycles. The summed E-state index contributed by atoms with van der Waals surface area (Å²) in [4.78, 5) is 0. The molecule has 1 nitrogen and oxygen atoms in total. The molecule has 0 saturated carbocycles. The molecule has 0 fully saturated rings. The lowest BCUT2D eigenvalue weighted by Gasteiger charge is -2.07. The number of halogens is 1. The Morgan fingerprint density at radius 3 is 2.82 bits per heavy atom. The van der Waals surface area contributed by atoms with Crippen LogP contribution in [0.5, 0.6) is 5.75 Å². The smallest absolute Gasteiger partial charge is 0.119 e. The fourth-order valence-electron chi connectivity index (χ4n) is 1.41. The van der Waals surface area contributed by atoms with Gasteiger partial charge in [0.2, 0.25) is 0 Å². The maximum Gasteiger partial charge on any atom is 0.119 e. The molecule has 1 aromatic rings. The van der Waals surface area contributed by atoms with Crippen molar-refractivity contribution < 1.29 is 4.74 Å². The Morgan fingerprint density at radius 1 is 1.35 bits per heavy atom. The van der Waals surface area contributed by atoms with Crippen molar-refractivity contribution in [3.8, 4) is 17.6 Å². The largest absolute Gasteiger partial charge is 0.494 e. The van der Waals surface area contributed by atoms with Gasteiger partial charge in [0.25, 0.3) is 0 Å². The average molecular weight is 251 g/mol. The molecule has 92 valence electrons. The van der Waals surface area contributed by atoms with E-state index in [2.05, 4.69) is 25.7 Å². The first kappa shape index (κ1) is 13.9. The number of benzene rings is 1. The van der Waals surface area contributed by atoms with Crippen molar-refractivity contribution in [1.29, 1.82) is 0 Å². The van der Waals surface area contributed by atoms with Crippen molar-refractivity contribution in [1.82, 2.24) is 0 Å². The van der Waals surface area contributed by atoms with Crippen LogP contribution in [0.2, 0.25) is 0 Å². The zero-order valence-electron chi connectivity index (χ0n) is 10.6. The van der Waals surface area contributed by atoms with Gasteiger partial charge in [-0.1, -0.05) is 25.2 Å². The summed E-state index contributed by atoms with van der Waals surface area (Å²) in [5.41, 5.74) is 2.21. The molecule has 0 N–H and O–H groups in total. The van der Waals surface area contributed by atoms with Crippen molar-refractivity contribution in [2.75, 3.05) is 12.5 Å². The zero-order valence-corrected chi connectivity index (χ0v) is 11.3. The summed E-state index contributed by atoms with van der Waals surface area (Å²) in [7, 11) is 0. The highest BCUT2D eigenvalue weighted by molar-refractivity contribution is 6.18. The van der Waals surface area contributed by atoms with E-state index in [9.17, 15) is 0 Å². The van der Waals surface area contributed by atoms with E-state index in [0.717, 1.165) is 42.7 Å². The summed E-state index contributed by atoms with van der Waals surface area (Å²) in [6, 6.07) is 6.03. The number of alkyl halides is 1. The first-order chi connectivity index (χ1) is 8.27. The summed E-state index contributed by atoms with van der Waals surface area (Å²) in [5, 5.41) is 0. The van der Waals surface area contributed by atoms with Crippen LogP contribution in [0, 0.1) is 18.8 Å². The van der Waals surface area contributed by atoms with E-state index in [1.165, 1.54) is 0 Å². The molecule has 2 heteroatoms. The normalized spacial score (nSPS) is 9.59. The second-order valence-electron chi connectivity index (χ2n) is 3.92. The topological polar surface area (TPSA) is 9.23 Å². The molecule has 0 aliphatic rings. The minimum absolute atomic E-state index is 0.588. The van der Waals surface area contributed by atoms with E-state index in [4.69, 9.17) is 16.3 Å². The van der Waals surface area contributed by atoms with Crippen LogP contribution in [0.1, 0.15) is 37.3 Å². The molecule has 17 heavy (non-hydrogen) atoms. The Kier molecular flexibility index (Phi) is 6.58. The first-order valence-electron chi connectivity index (χ1n) is 6.06. The molecule has 0 heterocycles. The molecular formula is C15H19ClO. The number of ether oxygens (including phenoxy) is 1. The molecule has 0 aliphatic carbocycles. The van der Waals surface area contributed by atoms with E-state index >= 15 is 0 Å². The molecule has 0 unspecified atom stereocenters. The lowest BCUT2D eigenvalue weighted by atomic mass is 10.1. The standard InChI is InChI=1S/C15H19ClO/c1-3-4-11-17-15-9-8-14(13(2)12-15)7-5-6-10-16/h8-9,12H,3-4,6,10-11H2,1-2H3.